The lowest BCUT2D eigenvalue weighted by molar-refractivity contribution is -0.155. The van der Waals surface area contributed by atoms with Crippen molar-refractivity contribution < 1.29 is 14.3 Å². The summed E-state index contributed by atoms with van der Waals surface area (Å²) in [7, 11) is 0. The zero-order chi connectivity index (χ0) is 11.0. The summed E-state index contributed by atoms with van der Waals surface area (Å²) in [6.45, 7) is 1.21. The van der Waals surface area contributed by atoms with E-state index in [0.717, 1.165) is 25.0 Å². The molecule has 0 N–H and O–H groups in total. The van der Waals surface area contributed by atoms with Crippen LogP contribution < -0.4 is 0 Å². The van der Waals surface area contributed by atoms with Crippen LogP contribution in [0.25, 0.3) is 0 Å². The van der Waals surface area contributed by atoms with Gasteiger partial charge in [0.05, 0.1) is 18.1 Å². The minimum atomic E-state index is -0.0787. The van der Waals surface area contributed by atoms with Gasteiger partial charge >= 0.3 is 5.97 Å². The molecule has 1 aliphatic carbocycles. The Balaban J connectivity index is 1.47. The van der Waals surface area contributed by atoms with E-state index in [4.69, 9.17) is 9.47 Å². The second-order valence-electron chi connectivity index (χ2n) is 4.67. The molecule has 0 aromatic heterocycles. The fourth-order valence-corrected chi connectivity index (χ4v) is 2.19. The van der Waals surface area contributed by atoms with Gasteiger partial charge in [-0.25, -0.2) is 0 Å². The Morgan fingerprint density at radius 1 is 1.38 bits per heavy atom. The van der Waals surface area contributed by atoms with Crippen LogP contribution in [0.15, 0.2) is 30.3 Å². The van der Waals surface area contributed by atoms with Gasteiger partial charge in [-0.2, -0.15) is 0 Å². The van der Waals surface area contributed by atoms with E-state index in [1.165, 1.54) is 0 Å². The van der Waals surface area contributed by atoms with Crippen LogP contribution in [0, 0.1) is 5.92 Å². The van der Waals surface area contributed by atoms with Crippen molar-refractivity contribution in [1.29, 1.82) is 0 Å². The Morgan fingerprint density at radius 2 is 2.06 bits per heavy atom. The summed E-state index contributed by atoms with van der Waals surface area (Å²) in [6.07, 6.45) is 1.70. The molecule has 1 aromatic carbocycles. The van der Waals surface area contributed by atoms with Crippen LogP contribution in [-0.4, -0.2) is 18.2 Å². The van der Waals surface area contributed by atoms with E-state index in [2.05, 4.69) is 0 Å². The Morgan fingerprint density at radius 3 is 2.69 bits per heavy atom. The highest BCUT2D eigenvalue weighted by molar-refractivity contribution is 5.74. The van der Waals surface area contributed by atoms with Gasteiger partial charge in [0, 0.05) is 0 Å². The Kier molecular flexibility index (Phi) is 2.21. The van der Waals surface area contributed by atoms with Gasteiger partial charge in [-0.15, -0.1) is 0 Å². The third kappa shape index (κ3) is 1.83. The van der Waals surface area contributed by atoms with Crippen molar-refractivity contribution in [2.45, 2.75) is 25.0 Å². The van der Waals surface area contributed by atoms with E-state index in [0.29, 0.717) is 6.61 Å². The number of ether oxygens (including phenoxy) is 2. The first-order valence-corrected chi connectivity index (χ1v) is 5.62. The molecule has 2 fully saturated rings. The number of esters is 1. The van der Waals surface area contributed by atoms with Gasteiger partial charge in [0.15, 0.2) is 0 Å². The van der Waals surface area contributed by atoms with Gasteiger partial charge in [-0.3, -0.25) is 4.79 Å². The van der Waals surface area contributed by atoms with Gasteiger partial charge in [-0.1, -0.05) is 30.3 Å². The quantitative estimate of drug-likeness (QED) is 0.574. The number of hydrogen-bond donors (Lipinski definition) is 0. The fourth-order valence-electron chi connectivity index (χ4n) is 2.19. The Bertz CT molecular complexity index is 387. The molecule has 1 aromatic rings. The molecule has 84 valence electrons. The van der Waals surface area contributed by atoms with Gasteiger partial charge in [-0.05, 0) is 18.4 Å². The molecule has 3 nitrogen and oxygen atoms in total. The van der Waals surface area contributed by atoms with Crippen molar-refractivity contribution >= 4 is 5.97 Å². The van der Waals surface area contributed by atoms with E-state index < -0.39 is 0 Å². The van der Waals surface area contributed by atoms with Crippen LogP contribution >= 0.6 is 0 Å². The van der Waals surface area contributed by atoms with Crippen molar-refractivity contribution in [3.05, 3.63) is 35.9 Å². The second-order valence-corrected chi connectivity index (χ2v) is 4.67. The Labute approximate surface area is 94.4 Å². The highest BCUT2D eigenvalue weighted by atomic mass is 16.6. The van der Waals surface area contributed by atoms with E-state index in [9.17, 15) is 4.79 Å². The molecule has 1 saturated heterocycles. The van der Waals surface area contributed by atoms with Crippen LogP contribution in [-0.2, 0) is 20.9 Å². The fraction of sp³-hybridized carbons (Fsp3) is 0.462. The summed E-state index contributed by atoms with van der Waals surface area (Å²) in [5, 5.41) is 0. The van der Waals surface area contributed by atoms with Gasteiger partial charge in [0.2, 0.25) is 0 Å². The lowest BCUT2D eigenvalue weighted by atomic mass is 9.75. The topological polar surface area (TPSA) is 38.8 Å². The molecule has 0 atom stereocenters. The predicted octanol–water partition coefficient (Wildman–Crippen LogP) is 1.91. The minimum absolute atomic E-state index is 0.0613. The summed E-state index contributed by atoms with van der Waals surface area (Å²) in [5.74, 6) is -0.0174. The monoisotopic (exact) mass is 218 g/mol. The average molecular weight is 218 g/mol. The lowest BCUT2D eigenvalue weighted by Crippen LogP contribution is -2.38. The first-order valence-electron chi connectivity index (χ1n) is 5.62. The summed E-state index contributed by atoms with van der Waals surface area (Å²) in [4.78, 5) is 11.6. The smallest absolute Gasteiger partial charge is 0.309 e. The molecule has 0 amide bonds. The number of rotatable bonds is 3. The SMILES string of the molecule is O=C(OCc1ccccc1)C1CC2(CO2)C1. The van der Waals surface area contributed by atoms with Gasteiger partial charge in [0.25, 0.3) is 0 Å². The highest BCUT2D eigenvalue weighted by Gasteiger charge is 2.57. The van der Waals surface area contributed by atoms with E-state index in [1.54, 1.807) is 0 Å². The molecule has 1 aliphatic heterocycles. The molecule has 16 heavy (non-hydrogen) atoms. The second kappa shape index (κ2) is 3.59. The van der Waals surface area contributed by atoms with Crippen molar-refractivity contribution in [2.75, 3.05) is 6.61 Å². The third-order valence-electron chi connectivity index (χ3n) is 3.35. The average Bonchev–Trinajstić information content (AvgIpc) is 3.05. The molecule has 1 saturated carbocycles. The summed E-state index contributed by atoms with van der Waals surface area (Å²) in [5.41, 5.74) is 1.11. The van der Waals surface area contributed by atoms with E-state index in [-0.39, 0.29) is 17.5 Å². The molecule has 1 heterocycles. The zero-order valence-electron chi connectivity index (χ0n) is 9.02. The van der Waals surface area contributed by atoms with E-state index in [1.807, 2.05) is 30.3 Å². The lowest BCUT2D eigenvalue weighted by Gasteiger charge is -2.30. The molecular weight excluding hydrogens is 204 g/mol. The van der Waals surface area contributed by atoms with Gasteiger partial charge in [0.1, 0.15) is 6.61 Å². The largest absolute Gasteiger partial charge is 0.461 e. The first-order chi connectivity index (χ1) is 7.77. The molecule has 0 unspecified atom stereocenters. The molecule has 2 aliphatic rings. The van der Waals surface area contributed by atoms with Crippen LogP contribution in [0.5, 0.6) is 0 Å². The predicted molar refractivity (Wildman–Crippen MR) is 57.6 cm³/mol. The molecule has 0 radical (unpaired) electrons. The van der Waals surface area contributed by atoms with E-state index >= 15 is 0 Å². The molecule has 3 heteroatoms. The zero-order valence-corrected chi connectivity index (χ0v) is 9.02. The maximum Gasteiger partial charge on any atom is 0.309 e. The molecule has 3 rings (SSSR count). The third-order valence-corrected chi connectivity index (χ3v) is 3.35. The van der Waals surface area contributed by atoms with Crippen LogP contribution in [0.2, 0.25) is 0 Å². The minimum Gasteiger partial charge on any atom is -0.461 e. The number of epoxide rings is 1. The highest BCUT2D eigenvalue weighted by Crippen LogP contribution is 2.50. The normalized spacial score (nSPS) is 30.9. The standard InChI is InChI=1S/C13H14O3/c14-12(11-6-13(7-11)9-16-13)15-8-10-4-2-1-3-5-10/h1-5,11H,6-9H2. The summed E-state index contributed by atoms with van der Waals surface area (Å²) in [6, 6.07) is 9.75. The summed E-state index contributed by atoms with van der Waals surface area (Å²) >= 11 is 0. The molecular formula is C13H14O3. The number of hydrogen-bond acceptors (Lipinski definition) is 3. The van der Waals surface area contributed by atoms with Crippen molar-refractivity contribution in [1.82, 2.24) is 0 Å². The Hall–Kier alpha value is -1.35. The van der Waals surface area contributed by atoms with Crippen LogP contribution in [0.4, 0.5) is 0 Å². The number of carbonyl (C=O) groups is 1. The molecule has 1 spiro atoms. The molecule has 0 bridgehead atoms. The maximum atomic E-state index is 11.6. The first kappa shape index (κ1) is 9.85. The van der Waals surface area contributed by atoms with Crippen molar-refractivity contribution in [2.24, 2.45) is 5.92 Å². The van der Waals surface area contributed by atoms with Gasteiger partial charge < -0.3 is 9.47 Å². The van der Waals surface area contributed by atoms with Crippen LogP contribution in [0.1, 0.15) is 18.4 Å². The summed E-state index contributed by atoms with van der Waals surface area (Å²) < 4.78 is 10.5. The van der Waals surface area contributed by atoms with Crippen molar-refractivity contribution in [3.8, 4) is 0 Å². The van der Waals surface area contributed by atoms with Crippen LogP contribution in [0.3, 0.4) is 0 Å². The number of benzene rings is 1. The van der Waals surface area contributed by atoms with Crippen molar-refractivity contribution in [3.63, 3.8) is 0 Å². The maximum absolute atomic E-state index is 11.6. The number of carbonyl (C=O) groups excluding carboxylic acids is 1.